The zero-order valence-electron chi connectivity index (χ0n) is 16.0. The lowest BCUT2D eigenvalue weighted by atomic mass is 10.3. The average molecular weight is 416 g/mol. The molecular formula is C21H25N3O2S2. The van der Waals surface area contributed by atoms with Gasteiger partial charge in [0.1, 0.15) is 5.75 Å². The minimum absolute atomic E-state index is 0.829. The third-order valence-electron chi connectivity index (χ3n) is 4.81. The molecule has 0 bridgehead atoms. The highest BCUT2D eigenvalue weighted by Crippen LogP contribution is 2.26. The summed E-state index contributed by atoms with van der Waals surface area (Å²) in [5.41, 5.74) is 2.17. The number of hydrogen-bond donors (Lipinski definition) is 0. The standard InChI is InChI=1S/C21H25N3O2S2/c1-25-18-6-2-5-17(15-18)22-21-24(9-4-8-23-10-12-26-13-11-23)19(16-28-21)20-7-3-14-27-20/h2-3,5-7,14-16H,4,8-13H2,1H3. The first kappa shape index (κ1) is 19.4. The SMILES string of the molecule is COc1cccc(N=c2scc(-c3cccs3)n2CCCN2CCOCC2)c1. The number of methoxy groups -OCH3 is 1. The zero-order chi connectivity index (χ0) is 19.2. The Labute approximate surface area is 173 Å². The van der Waals surface area contributed by atoms with Crippen molar-refractivity contribution in [2.75, 3.05) is 40.0 Å². The van der Waals surface area contributed by atoms with Gasteiger partial charge in [-0.1, -0.05) is 12.1 Å². The first-order valence-electron chi connectivity index (χ1n) is 9.54. The molecule has 1 aliphatic rings. The van der Waals surface area contributed by atoms with Crippen LogP contribution >= 0.6 is 22.7 Å². The number of thiophene rings is 1. The summed E-state index contributed by atoms with van der Waals surface area (Å²) in [5, 5.41) is 4.35. The summed E-state index contributed by atoms with van der Waals surface area (Å²) in [6.07, 6.45) is 1.10. The van der Waals surface area contributed by atoms with Gasteiger partial charge in [-0.2, -0.15) is 0 Å². The van der Waals surface area contributed by atoms with Gasteiger partial charge in [-0.25, -0.2) is 4.99 Å². The van der Waals surface area contributed by atoms with Crippen LogP contribution in [0.4, 0.5) is 5.69 Å². The van der Waals surface area contributed by atoms with Gasteiger partial charge in [-0.05, 0) is 30.0 Å². The van der Waals surface area contributed by atoms with Gasteiger partial charge in [0.05, 0.1) is 36.6 Å². The molecule has 1 fully saturated rings. The molecule has 1 aromatic carbocycles. The molecule has 148 valence electrons. The largest absolute Gasteiger partial charge is 0.497 e. The highest BCUT2D eigenvalue weighted by atomic mass is 32.1. The predicted molar refractivity (Wildman–Crippen MR) is 116 cm³/mol. The van der Waals surface area contributed by atoms with Crippen LogP contribution in [-0.4, -0.2) is 49.4 Å². The molecule has 0 unspecified atom stereocenters. The second kappa shape index (κ2) is 9.52. The fraction of sp³-hybridized carbons (Fsp3) is 0.381. The first-order chi connectivity index (χ1) is 13.8. The molecule has 7 heteroatoms. The topological polar surface area (TPSA) is 39.0 Å². The molecule has 2 aromatic heterocycles. The Bertz CT molecular complexity index is 941. The van der Waals surface area contributed by atoms with E-state index >= 15 is 0 Å². The maximum atomic E-state index is 5.46. The number of nitrogens with zero attached hydrogens (tertiary/aromatic N) is 3. The lowest BCUT2D eigenvalue weighted by Crippen LogP contribution is -2.37. The number of thiazole rings is 1. The van der Waals surface area contributed by atoms with Crippen molar-refractivity contribution in [2.24, 2.45) is 4.99 Å². The summed E-state index contributed by atoms with van der Waals surface area (Å²) in [4.78, 5) is 9.72. The van der Waals surface area contributed by atoms with Crippen molar-refractivity contribution in [3.05, 3.63) is 52.0 Å². The van der Waals surface area contributed by atoms with Crippen molar-refractivity contribution in [3.63, 3.8) is 0 Å². The summed E-state index contributed by atoms with van der Waals surface area (Å²) in [5.74, 6) is 0.829. The van der Waals surface area contributed by atoms with Crippen LogP contribution in [0.5, 0.6) is 5.75 Å². The molecule has 0 aliphatic carbocycles. The molecule has 0 spiro atoms. The number of morpholine rings is 1. The Morgan fingerprint density at radius 3 is 2.79 bits per heavy atom. The highest BCUT2D eigenvalue weighted by molar-refractivity contribution is 7.14. The van der Waals surface area contributed by atoms with Gasteiger partial charge in [0, 0.05) is 37.6 Å². The van der Waals surface area contributed by atoms with Crippen LogP contribution in [0.1, 0.15) is 6.42 Å². The third kappa shape index (κ3) is 4.72. The minimum Gasteiger partial charge on any atom is -0.497 e. The van der Waals surface area contributed by atoms with E-state index in [0.29, 0.717) is 0 Å². The van der Waals surface area contributed by atoms with Crippen molar-refractivity contribution in [2.45, 2.75) is 13.0 Å². The molecule has 0 radical (unpaired) electrons. The summed E-state index contributed by atoms with van der Waals surface area (Å²) in [6, 6.07) is 12.2. The van der Waals surface area contributed by atoms with Crippen molar-refractivity contribution in [3.8, 4) is 16.3 Å². The maximum Gasteiger partial charge on any atom is 0.190 e. The van der Waals surface area contributed by atoms with E-state index in [4.69, 9.17) is 14.5 Å². The monoisotopic (exact) mass is 415 g/mol. The highest BCUT2D eigenvalue weighted by Gasteiger charge is 2.12. The average Bonchev–Trinajstić information content (AvgIpc) is 3.39. The summed E-state index contributed by atoms with van der Waals surface area (Å²) < 4.78 is 13.2. The molecular weight excluding hydrogens is 390 g/mol. The number of benzene rings is 1. The Morgan fingerprint density at radius 1 is 1.11 bits per heavy atom. The molecule has 3 heterocycles. The molecule has 5 nitrogen and oxygen atoms in total. The van der Waals surface area contributed by atoms with Gasteiger partial charge >= 0.3 is 0 Å². The van der Waals surface area contributed by atoms with Crippen LogP contribution in [0.2, 0.25) is 0 Å². The second-order valence-electron chi connectivity index (χ2n) is 6.65. The van der Waals surface area contributed by atoms with Crippen LogP contribution in [0.15, 0.2) is 52.2 Å². The molecule has 1 saturated heterocycles. The van der Waals surface area contributed by atoms with Gasteiger partial charge in [0.25, 0.3) is 0 Å². The lowest BCUT2D eigenvalue weighted by Gasteiger charge is -2.26. The van der Waals surface area contributed by atoms with Crippen LogP contribution in [0.3, 0.4) is 0 Å². The molecule has 0 amide bonds. The van der Waals surface area contributed by atoms with E-state index < -0.39 is 0 Å². The van der Waals surface area contributed by atoms with Crippen molar-refractivity contribution < 1.29 is 9.47 Å². The zero-order valence-corrected chi connectivity index (χ0v) is 17.7. The van der Waals surface area contributed by atoms with Crippen LogP contribution in [0, 0.1) is 0 Å². The molecule has 0 saturated carbocycles. The molecule has 0 N–H and O–H groups in total. The van der Waals surface area contributed by atoms with Crippen molar-refractivity contribution in [1.82, 2.24) is 9.47 Å². The Kier molecular flexibility index (Phi) is 6.59. The summed E-state index contributed by atoms with van der Waals surface area (Å²) in [7, 11) is 1.69. The normalized spacial score (nSPS) is 15.8. The summed E-state index contributed by atoms with van der Waals surface area (Å²) in [6.45, 7) is 5.82. The van der Waals surface area contributed by atoms with E-state index in [1.807, 2.05) is 24.3 Å². The van der Waals surface area contributed by atoms with Gasteiger partial charge < -0.3 is 14.0 Å². The van der Waals surface area contributed by atoms with Crippen molar-refractivity contribution in [1.29, 1.82) is 0 Å². The molecule has 28 heavy (non-hydrogen) atoms. The number of aromatic nitrogens is 1. The Hall–Kier alpha value is -1.93. The number of ether oxygens (including phenoxy) is 2. The first-order valence-corrected chi connectivity index (χ1v) is 11.3. The van der Waals surface area contributed by atoms with Crippen LogP contribution in [-0.2, 0) is 11.3 Å². The van der Waals surface area contributed by atoms with Gasteiger partial charge in [0.2, 0.25) is 0 Å². The van der Waals surface area contributed by atoms with E-state index in [9.17, 15) is 0 Å². The molecule has 1 aliphatic heterocycles. The molecule has 0 atom stereocenters. The summed E-state index contributed by atoms with van der Waals surface area (Å²) >= 11 is 3.47. The van der Waals surface area contributed by atoms with Gasteiger partial charge in [-0.3, -0.25) is 4.90 Å². The van der Waals surface area contributed by atoms with E-state index in [1.54, 1.807) is 29.8 Å². The third-order valence-corrected chi connectivity index (χ3v) is 6.57. The Balaban J connectivity index is 1.59. The maximum absolute atomic E-state index is 5.46. The van der Waals surface area contributed by atoms with E-state index in [0.717, 1.165) is 62.1 Å². The predicted octanol–water partition coefficient (Wildman–Crippen LogP) is 4.24. The molecule has 3 aromatic rings. The van der Waals surface area contributed by atoms with E-state index in [1.165, 1.54) is 10.6 Å². The van der Waals surface area contributed by atoms with Crippen LogP contribution < -0.4 is 9.54 Å². The fourth-order valence-electron chi connectivity index (χ4n) is 3.32. The quantitative estimate of drug-likeness (QED) is 0.579. The van der Waals surface area contributed by atoms with E-state index in [2.05, 4.69) is 32.4 Å². The lowest BCUT2D eigenvalue weighted by molar-refractivity contribution is 0.0369. The minimum atomic E-state index is 0.829. The van der Waals surface area contributed by atoms with Crippen molar-refractivity contribution >= 4 is 28.4 Å². The smallest absolute Gasteiger partial charge is 0.190 e. The fourth-order valence-corrected chi connectivity index (χ4v) is 5.10. The molecule has 4 rings (SSSR count). The number of hydrogen-bond acceptors (Lipinski definition) is 6. The second-order valence-corrected chi connectivity index (χ2v) is 8.44. The van der Waals surface area contributed by atoms with Gasteiger partial charge in [-0.15, -0.1) is 22.7 Å². The van der Waals surface area contributed by atoms with Crippen LogP contribution in [0.25, 0.3) is 10.6 Å². The number of rotatable bonds is 7. The Morgan fingerprint density at radius 2 is 2.00 bits per heavy atom. The van der Waals surface area contributed by atoms with E-state index in [-0.39, 0.29) is 0 Å². The van der Waals surface area contributed by atoms with Gasteiger partial charge in [0.15, 0.2) is 4.80 Å².